The van der Waals surface area contributed by atoms with Gasteiger partial charge in [0.1, 0.15) is 12.1 Å². The number of nitrogens with one attached hydrogen (secondary N) is 1. The van der Waals surface area contributed by atoms with Crippen molar-refractivity contribution in [3.8, 4) is 0 Å². The molecule has 0 saturated heterocycles. The van der Waals surface area contributed by atoms with E-state index in [-0.39, 0.29) is 5.91 Å². The largest absolute Gasteiger partial charge is 0.383 e. The summed E-state index contributed by atoms with van der Waals surface area (Å²) < 4.78 is 1.71. The van der Waals surface area contributed by atoms with Crippen LogP contribution in [0.15, 0.2) is 54.9 Å². The molecule has 7 nitrogen and oxygen atoms in total. The Hall–Kier alpha value is -3.74. The number of fused-ring (bicyclic) bond motifs is 1. The molecule has 0 unspecified atom stereocenters. The number of nitrogens with zero attached hydrogens (tertiary/aromatic N) is 4. The Morgan fingerprint density at radius 2 is 1.93 bits per heavy atom. The smallest absolute Gasteiger partial charge is 0.255 e. The zero-order chi connectivity index (χ0) is 19.7. The van der Waals surface area contributed by atoms with E-state index in [4.69, 9.17) is 5.73 Å². The second-order valence-corrected chi connectivity index (χ2v) is 6.73. The van der Waals surface area contributed by atoms with Crippen molar-refractivity contribution in [1.29, 1.82) is 0 Å². The Morgan fingerprint density at radius 1 is 1.14 bits per heavy atom. The van der Waals surface area contributed by atoms with E-state index in [0.29, 0.717) is 23.4 Å². The average molecular weight is 372 g/mol. The molecule has 0 saturated carbocycles. The van der Waals surface area contributed by atoms with Crippen molar-refractivity contribution in [1.82, 2.24) is 19.7 Å². The van der Waals surface area contributed by atoms with E-state index in [9.17, 15) is 4.79 Å². The molecule has 3 N–H and O–H groups in total. The van der Waals surface area contributed by atoms with Crippen LogP contribution in [0, 0.1) is 6.92 Å². The first-order chi connectivity index (χ1) is 13.5. The molecule has 28 heavy (non-hydrogen) atoms. The summed E-state index contributed by atoms with van der Waals surface area (Å²) in [7, 11) is 1.84. The standard InChI is InChI=1S/C21H20N6O/c1-13-4-3-5-15(10-13)21(28)25-16-8-6-14(7-9-16)11-17-18-19(22)23-12-24-20(18)27(2)26-17/h3-10,12H,11H2,1-2H3,(H,25,28)(H2,22,23,24). The van der Waals surface area contributed by atoms with E-state index in [1.165, 1.54) is 6.33 Å². The highest BCUT2D eigenvalue weighted by Gasteiger charge is 2.14. The van der Waals surface area contributed by atoms with E-state index in [1.807, 2.05) is 56.4 Å². The highest BCUT2D eigenvalue weighted by molar-refractivity contribution is 6.04. The number of rotatable bonds is 4. The molecule has 0 aliphatic heterocycles. The number of anilines is 2. The van der Waals surface area contributed by atoms with Crippen molar-refractivity contribution < 1.29 is 4.79 Å². The van der Waals surface area contributed by atoms with Gasteiger partial charge in [-0.2, -0.15) is 5.10 Å². The Bertz CT molecular complexity index is 1160. The third-order valence-electron chi connectivity index (χ3n) is 4.59. The van der Waals surface area contributed by atoms with Crippen molar-refractivity contribution in [2.24, 2.45) is 7.05 Å². The molecular weight excluding hydrogens is 352 g/mol. The minimum absolute atomic E-state index is 0.128. The highest BCUT2D eigenvalue weighted by Crippen LogP contribution is 2.23. The van der Waals surface area contributed by atoms with E-state index in [1.54, 1.807) is 10.7 Å². The van der Waals surface area contributed by atoms with Gasteiger partial charge in [-0.3, -0.25) is 9.48 Å². The van der Waals surface area contributed by atoms with Crippen molar-refractivity contribution >= 4 is 28.4 Å². The second-order valence-electron chi connectivity index (χ2n) is 6.73. The number of hydrogen-bond donors (Lipinski definition) is 2. The third kappa shape index (κ3) is 3.42. The van der Waals surface area contributed by atoms with Gasteiger partial charge in [0.25, 0.3) is 5.91 Å². The Morgan fingerprint density at radius 3 is 2.68 bits per heavy atom. The maximum Gasteiger partial charge on any atom is 0.255 e. The van der Waals surface area contributed by atoms with Crippen LogP contribution in [-0.4, -0.2) is 25.7 Å². The molecule has 0 aliphatic carbocycles. The summed E-state index contributed by atoms with van der Waals surface area (Å²) in [5.74, 6) is 0.298. The molecule has 0 atom stereocenters. The zero-order valence-electron chi connectivity index (χ0n) is 15.7. The molecule has 0 radical (unpaired) electrons. The fourth-order valence-corrected chi connectivity index (χ4v) is 3.20. The monoisotopic (exact) mass is 372 g/mol. The van der Waals surface area contributed by atoms with Gasteiger partial charge in [-0.1, -0.05) is 29.8 Å². The van der Waals surface area contributed by atoms with E-state index in [2.05, 4.69) is 20.4 Å². The Balaban J connectivity index is 1.52. The molecular formula is C21H20N6O. The van der Waals surface area contributed by atoms with Crippen LogP contribution in [0.4, 0.5) is 11.5 Å². The van der Waals surface area contributed by atoms with Gasteiger partial charge in [-0.25, -0.2) is 9.97 Å². The maximum atomic E-state index is 12.4. The van der Waals surface area contributed by atoms with Crippen LogP contribution in [0.1, 0.15) is 27.2 Å². The molecule has 2 aromatic heterocycles. The molecule has 2 aromatic carbocycles. The normalized spacial score (nSPS) is 10.9. The van der Waals surface area contributed by atoms with E-state index >= 15 is 0 Å². The highest BCUT2D eigenvalue weighted by atomic mass is 16.1. The summed E-state index contributed by atoms with van der Waals surface area (Å²) in [6, 6.07) is 15.2. The van der Waals surface area contributed by atoms with Crippen LogP contribution in [0.5, 0.6) is 0 Å². The molecule has 1 amide bonds. The molecule has 0 spiro atoms. The van der Waals surface area contributed by atoms with Crippen molar-refractivity contribution in [3.05, 3.63) is 77.2 Å². The predicted molar refractivity (Wildman–Crippen MR) is 109 cm³/mol. The van der Waals surface area contributed by atoms with Crippen LogP contribution >= 0.6 is 0 Å². The predicted octanol–water partition coefficient (Wildman–Crippen LogP) is 3.10. The lowest BCUT2D eigenvalue weighted by Gasteiger charge is -2.07. The number of carbonyl (C=O) groups excluding carboxylic acids is 1. The summed E-state index contributed by atoms with van der Waals surface area (Å²) in [6.45, 7) is 1.96. The maximum absolute atomic E-state index is 12.4. The Kier molecular flexibility index (Phi) is 4.49. The van der Waals surface area contributed by atoms with Crippen LogP contribution in [0.2, 0.25) is 0 Å². The summed E-state index contributed by atoms with van der Waals surface area (Å²) >= 11 is 0. The number of hydrogen-bond acceptors (Lipinski definition) is 5. The molecule has 4 aromatic rings. The van der Waals surface area contributed by atoms with Crippen LogP contribution < -0.4 is 11.1 Å². The van der Waals surface area contributed by atoms with Gasteiger partial charge >= 0.3 is 0 Å². The van der Waals surface area contributed by atoms with Crippen molar-refractivity contribution in [2.75, 3.05) is 11.1 Å². The second kappa shape index (κ2) is 7.11. The molecule has 4 rings (SSSR count). The summed E-state index contributed by atoms with van der Waals surface area (Å²) in [5, 5.41) is 8.23. The van der Waals surface area contributed by atoms with Crippen LogP contribution in [-0.2, 0) is 13.5 Å². The number of aromatic nitrogens is 4. The minimum atomic E-state index is -0.128. The Labute approximate surface area is 162 Å². The van der Waals surface area contributed by atoms with Crippen molar-refractivity contribution in [2.45, 2.75) is 13.3 Å². The summed E-state index contributed by atoms with van der Waals surface area (Å²) in [5.41, 5.74) is 11.0. The van der Waals surface area contributed by atoms with Gasteiger partial charge in [0.15, 0.2) is 5.65 Å². The topological polar surface area (TPSA) is 98.7 Å². The fraction of sp³-hybridized carbons (Fsp3) is 0.143. The molecule has 0 bridgehead atoms. The lowest BCUT2D eigenvalue weighted by molar-refractivity contribution is 0.102. The van der Waals surface area contributed by atoms with Gasteiger partial charge in [-0.05, 0) is 36.8 Å². The van der Waals surface area contributed by atoms with Crippen LogP contribution in [0.3, 0.4) is 0 Å². The lowest BCUT2D eigenvalue weighted by atomic mass is 10.1. The van der Waals surface area contributed by atoms with Gasteiger partial charge in [0.05, 0.1) is 11.1 Å². The average Bonchev–Trinajstić information content (AvgIpc) is 3.00. The van der Waals surface area contributed by atoms with Crippen LogP contribution in [0.25, 0.3) is 11.0 Å². The number of carbonyl (C=O) groups is 1. The number of nitrogens with two attached hydrogens (primary N) is 1. The SMILES string of the molecule is Cc1cccc(C(=O)Nc2ccc(Cc3nn(C)c4ncnc(N)c34)cc2)c1. The minimum Gasteiger partial charge on any atom is -0.383 e. The summed E-state index contributed by atoms with van der Waals surface area (Å²) in [6.07, 6.45) is 2.04. The number of benzene rings is 2. The number of amides is 1. The van der Waals surface area contributed by atoms with Gasteiger partial charge < -0.3 is 11.1 Å². The van der Waals surface area contributed by atoms with Gasteiger partial charge in [0.2, 0.25) is 0 Å². The molecule has 7 heteroatoms. The first-order valence-corrected chi connectivity index (χ1v) is 8.90. The van der Waals surface area contributed by atoms with E-state index in [0.717, 1.165) is 27.9 Å². The fourth-order valence-electron chi connectivity index (χ4n) is 3.20. The zero-order valence-corrected chi connectivity index (χ0v) is 15.7. The molecule has 2 heterocycles. The van der Waals surface area contributed by atoms with Crippen molar-refractivity contribution in [3.63, 3.8) is 0 Å². The molecule has 0 fully saturated rings. The summed E-state index contributed by atoms with van der Waals surface area (Å²) in [4.78, 5) is 20.7. The van der Waals surface area contributed by atoms with Gasteiger partial charge in [-0.15, -0.1) is 0 Å². The first kappa shape index (κ1) is 17.7. The number of aryl methyl sites for hydroxylation is 2. The lowest BCUT2D eigenvalue weighted by Crippen LogP contribution is -2.11. The van der Waals surface area contributed by atoms with Gasteiger partial charge in [0, 0.05) is 24.7 Å². The molecule has 0 aliphatic rings. The van der Waals surface area contributed by atoms with E-state index < -0.39 is 0 Å². The molecule has 140 valence electrons. The first-order valence-electron chi connectivity index (χ1n) is 8.90. The number of nitrogen functional groups attached to an aromatic ring is 1. The quantitative estimate of drug-likeness (QED) is 0.573. The third-order valence-corrected chi connectivity index (χ3v) is 4.59.